The normalized spacial score (nSPS) is 10.7. The van der Waals surface area contributed by atoms with Crippen LogP contribution >= 0.6 is 23.4 Å². The number of carbonyl (C=O) groups is 1. The molecular weight excluding hydrogens is 354 g/mol. The maximum Gasteiger partial charge on any atom is 0.311 e. The highest BCUT2D eigenvalue weighted by Crippen LogP contribution is 2.27. The van der Waals surface area contributed by atoms with Crippen molar-refractivity contribution in [2.45, 2.75) is 4.90 Å². The number of thioether (sulfide) groups is 1. The first kappa shape index (κ1) is 17.8. The predicted octanol–water partition coefficient (Wildman–Crippen LogP) is 3.20. The Labute approximate surface area is 146 Å². The summed E-state index contributed by atoms with van der Waals surface area (Å²) in [5.74, 6) is -0.716. The molecule has 0 aliphatic carbocycles. The van der Waals surface area contributed by atoms with Crippen LogP contribution < -0.4 is 5.43 Å². The number of hydrogen-bond donors (Lipinski definition) is 2. The molecule has 7 nitrogen and oxygen atoms in total. The lowest BCUT2D eigenvalue weighted by Crippen LogP contribution is -2.19. The number of rotatable bonds is 6. The third-order valence-corrected chi connectivity index (χ3v) is 4.08. The lowest BCUT2D eigenvalue weighted by Gasteiger charge is -2.02. The number of nitro groups is 1. The summed E-state index contributed by atoms with van der Waals surface area (Å²) in [7, 11) is 0. The molecule has 0 unspecified atom stereocenters. The van der Waals surface area contributed by atoms with Crippen LogP contribution in [0.1, 0.15) is 5.56 Å². The van der Waals surface area contributed by atoms with Crippen molar-refractivity contribution in [2.24, 2.45) is 5.10 Å². The Kier molecular flexibility index (Phi) is 6.16. The largest absolute Gasteiger partial charge is 0.502 e. The Balaban J connectivity index is 1.89. The fourth-order valence-corrected chi connectivity index (χ4v) is 2.50. The van der Waals surface area contributed by atoms with Gasteiger partial charge in [0, 0.05) is 21.5 Å². The number of carbonyl (C=O) groups excluding carboxylic acids is 1. The van der Waals surface area contributed by atoms with Gasteiger partial charge in [-0.15, -0.1) is 11.8 Å². The second-order valence-electron chi connectivity index (χ2n) is 4.51. The molecule has 1 amide bonds. The molecule has 0 saturated carbocycles. The molecule has 0 atom stereocenters. The molecule has 0 aromatic heterocycles. The lowest BCUT2D eigenvalue weighted by molar-refractivity contribution is -0.385. The van der Waals surface area contributed by atoms with Gasteiger partial charge in [-0.25, -0.2) is 5.43 Å². The third kappa shape index (κ3) is 4.97. The van der Waals surface area contributed by atoms with E-state index in [1.54, 1.807) is 24.3 Å². The molecular formula is C15H12ClN3O4S. The molecule has 0 heterocycles. The van der Waals surface area contributed by atoms with E-state index in [1.807, 2.05) is 0 Å². The Hall–Kier alpha value is -2.58. The number of nitro benzene ring substituents is 1. The number of nitrogens with one attached hydrogen (secondary N) is 1. The van der Waals surface area contributed by atoms with Gasteiger partial charge in [-0.2, -0.15) is 5.10 Å². The van der Waals surface area contributed by atoms with Crippen LogP contribution in [-0.2, 0) is 4.79 Å². The van der Waals surface area contributed by atoms with Crippen LogP contribution in [0.5, 0.6) is 5.75 Å². The number of benzene rings is 2. The molecule has 2 N–H and O–H groups in total. The molecule has 2 aromatic carbocycles. The van der Waals surface area contributed by atoms with Crippen LogP contribution in [0, 0.1) is 10.1 Å². The van der Waals surface area contributed by atoms with Crippen molar-refractivity contribution in [3.63, 3.8) is 0 Å². The number of aromatic hydroxyl groups is 1. The maximum atomic E-state index is 11.7. The first-order valence-corrected chi connectivity index (χ1v) is 8.00. The minimum Gasteiger partial charge on any atom is -0.502 e. The fraction of sp³-hybridized carbons (Fsp3) is 0.0667. The molecule has 0 saturated heterocycles. The van der Waals surface area contributed by atoms with E-state index in [-0.39, 0.29) is 17.2 Å². The molecule has 0 aliphatic rings. The summed E-state index contributed by atoms with van der Waals surface area (Å²) < 4.78 is 0. The van der Waals surface area contributed by atoms with Gasteiger partial charge >= 0.3 is 5.69 Å². The van der Waals surface area contributed by atoms with Crippen molar-refractivity contribution < 1.29 is 14.8 Å². The number of phenolic OH excluding ortho intramolecular Hbond substituents is 1. The topological polar surface area (TPSA) is 105 Å². The molecule has 0 spiro atoms. The minimum absolute atomic E-state index is 0.134. The summed E-state index contributed by atoms with van der Waals surface area (Å²) in [6.45, 7) is 0. The van der Waals surface area contributed by atoms with Crippen LogP contribution in [0.4, 0.5) is 5.69 Å². The van der Waals surface area contributed by atoms with E-state index in [2.05, 4.69) is 10.5 Å². The van der Waals surface area contributed by atoms with E-state index >= 15 is 0 Å². The number of phenols is 1. The molecule has 0 fully saturated rings. The molecule has 9 heteroatoms. The molecule has 124 valence electrons. The van der Waals surface area contributed by atoms with Crippen molar-refractivity contribution in [1.82, 2.24) is 5.43 Å². The Morgan fingerprint density at radius 2 is 2.04 bits per heavy atom. The molecule has 2 aromatic rings. The monoisotopic (exact) mass is 365 g/mol. The van der Waals surface area contributed by atoms with Crippen molar-refractivity contribution in [3.8, 4) is 5.75 Å². The highest BCUT2D eigenvalue weighted by Gasteiger charge is 2.15. The number of halogens is 1. The van der Waals surface area contributed by atoms with Crippen LogP contribution in [0.25, 0.3) is 0 Å². The number of amides is 1. The zero-order valence-corrected chi connectivity index (χ0v) is 13.8. The molecule has 0 bridgehead atoms. The highest BCUT2D eigenvalue weighted by molar-refractivity contribution is 8.00. The van der Waals surface area contributed by atoms with Gasteiger partial charge < -0.3 is 5.11 Å². The second-order valence-corrected chi connectivity index (χ2v) is 5.99. The first-order chi connectivity index (χ1) is 11.5. The second kappa shape index (κ2) is 8.32. The Morgan fingerprint density at radius 3 is 2.71 bits per heavy atom. The van der Waals surface area contributed by atoms with E-state index in [0.717, 1.165) is 11.1 Å². The average molecular weight is 366 g/mol. The van der Waals surface area contributed by atoms with Gasteiger partial charge in [-0.05, 0) is 30.3 Å². The standard InChI is InChI=1S/C15H12ClN3O4S/c16-11-4-6-12(7-5-11)24-9-14(20)18-17-8-10-2-1-3-13(15(10)21)19(22)23/h1-8,21H,9H2,(H,18,20)/b17-8-. The molecule has 0 radical (unpaired) electrons. The molecule has 0 aliphatic heterocycles. The predicted molar refractivity (Wildman–Crippen MR) is 92.7 cm³/mol. The van der Waals surface area contributed by atoms with E-state index in [4.69, 9.17) is 11.6 Å². The van der Waals surface area contributed by atoms with E-state index in [0.29, 0.717) is 5.02 Å². The summed E-state index contributed by atoms with van der Waals surface area (Å²) in [5, 5.41) is 24.8. The summed E-state index contributed by atoms with van der Waals surface area (Å²) in [6.07, 6.45) is 1.15. The van der Waals surface area contributed by atoms with Crippen molar-refractivity contribution in [1.29, 1.82) is 0 Å². The summed E-state index contributed by atoms with van der Waals surface area (Å²) in [6, 6.07) is 11.1. The average Bonchev–Trinajstić information content (AvgIpc) is 2.55. The van der Waals surface area contributed by atoms with Crippen LogP contribution in [-0.4, -0.2) is 27.9 Å². The molecule has 2 rings (SSSR count). The van der Waals surface area contributed by atoms with E-state index in [1.165, 1.54) is 30.0 Å². The molecule has 24 heavy (non-hydrogen) atoms. The van der Waals surface area contributed by atoms with Crippen LogP contribution in [0.2, 0.25) is 5.02 Å². The van der Waals surface area contributed by atoms with Crippen molar-refractivity contribution in [3.05, 3.63) is 63.2 Å². The third-order valence-electron chi connectivity index (χ3n) is 2.82. The van der Waals surface area contributed by atoms with Crippen LogP contribution in [0.3, 0.4) is 0 Å². The summed E-state index contributed by atoms with van der Waals surface area (Å²) in [4.78, 5) is 22.6. The maximum absolute atomic E-state index is 11.7. The van der Waals surface area contributed by atoms with Crippen molar-refractivity contribution >= 4 is 41.2 Å². The zero-order chi connectivity index (χ0) is 17.5. The van der Waals surface area contributed by atoms with Gasteiger partial charge in [0.15, 0.2) is 0 Å². The number of hydrogen-bond acceptors (Lipinski definition) is 6. The SMILES string of the molecule is O=C(CSc1ccc(Cl)cc1)N/N=C\c1cccc([N+](=O)[O-])c1O. The Bertz CT molecular complexity index is 781. The van der Waals surface area contributed by atoms with Gasteiger partial charge in [0.25, 0.3) is 0 Å². The van der Waals surface area contributed by atoms with E-state index < -0.39 is 16.4 Å². The smallest absolute Gasteiger partial charge is 0.311 e. The zero-order valence-electron chi connectivity index (χ0n) is 12.2. The fourth-order valence-electron chi connectivity index (χ4n) is 1.69. The summed E-state index contributed by atoms with van der Waals surface area (Å²) >= 11 is 7.08. The van der Waals surface area contributed by atoms with Gasteiger partial charge in [0.2, 0.25) is 11.7 Å². The van der Waals surface area contributed by atoms with Crippen molar-refractivity contribution in [2.75, 3.05) is 5.75 Å². The van der Waals surface area contributed by atoms with Gasteiger partial charge in [0.05, 0.1) is 16.9 Å². The number of para-hydroxylation sites is 1. The number of nitrogens with zero attached hydrogens (tertiary/aromatic N) is 2. The Morgan fingerprint density at radius 1 is 1.33 bits per heavy atom. The van der Waals surface area contributed by atoms with Gasteiger partial charge in [-0.1, -0.05) is 17.7 Å². The lowest BCUT2D eigenvalue weighted by atomic mass is 10.2. The number of hydrazone groups is 1. The summed E-state index contributed by atoms with van der Waals surface area (Å²) in [5.41, 5.74) is 2.00. The van der Waals surface area contributed by atoms with Gasteiger partial charge in [0.1, 0.15) is 0 Å². The quantitative estimate of drug-likeness (QED) is 0.354. The van der Waals surface area contributed by atoms with Crippen LogP contribution in [0.15, 0.2) is 52.5 Å². The first-order valence-electron chi connectivity index (χ1n) is 6.64. The van der Waals surface area contributed by atoms with E-state index in [9.17, 15) is 20.0 Å². The minimum atomic E-state index is -0.700. The highest BCUT2D eigenvalue weighted by atomic mass is 35.5. The van der Waals surface area contributed by atoms with Gasteiger partial charge in [-0.3, -0.25) is 14.9 Å².